The fourth-order valence-corrected chi connectivity index (χ4v) is 3.60. The predicted octanol–water partition coefficient (Wildman–Crippen LogP) is 4.68. The molecule has 0 saturated carbocycles. The first-order valence-electron chi connectivity index (χ1n) is 9.13. The van der Waals surface area contributed by atoms with E-state index in [0.717, 1.165) is 36.5 Å². The SMILES string of the molecule is Cc1ccc(Oc2ccc3c(c2)CN(C)CCC3c2ccc(F)cc2)nn1. The summed E-state index contributed by atoms with van der Waals surface area (Å²) < 4.78 is 19.2. The molecular formula is C22H22FN3O. The third-order valence-corrected chi connectivity index (χ3v) is 5.00. The molecule has 1 aliphatic rings. The lowest BCUT2D eigenvalue weighted by molar-refractivity contribution is 0.328. The normalized spacial score (nSPS) is 17.2. The van der Waals surface area contributed by atoms with Crippen molar-refractivity contribution in [1.29, 1.82) is 0 Å². The van der Waals surface area contributed by atoms with E-state index in [1.807, 2.05) is 37.3 Å². The van der Waals surface area contributed by atoms with Crippen molar-refractivity contribution in [2.75, 3.05) is 13.6 Å². The van der Waals surface area contributed by atoms with Gasteiger partial charge in [-0.3, -0.25) is 0 Å². The maximum atomic E-state index is 13.3. The quantitative estimate of drug-likeness (QED) is 0.677. The van der Waals surface area contributed by atoms with Gasteiger partial charge < -0.3 is 9.64 Å². The molecule has 2 aromatic carbocycles. The van der Waals surface area contributed by atoms with Gasteiger partial charge in [0.1, 0.15) is 11.6 Å². The van der Waals surface area contributed by atoms with E-state index in [2.05, 4.69) is 34.3 Å². The second kappa shape index (κ2) is 7.45. The summed E-state index contributed by atoms with van der Waals surface area (Å²) in [4.78, 5) is 2.30. The minimum atomic E-state index is -0.201. The number of aromatic nitrogens is 2. The summed E-state index contributed by atoms with van der Waals surface area (Å²) in [5, 5.41) is 8.11. The zero-order chi connectivity index (χ0) is 18.8. The molecule has 138 valence electrons. The zero-order valence-electron chi connectivity index (χ0n) is 15.5. The van der Waals surface area contributed by atoms with E-state index in [0.29, 0.717) is 5.88 Å². The van der Waals surface area contributed by atoms with E-state index in [1.165, 1.54) is 23.3 Å². The van der Waals surface area contributed by atoms with Gasteiger partial charge in [-0.2, -0.15) is 5.10 Å². The first-order valence-corrected chi connectivity index (χ1v) is 9.13. The molecule has 0 bridgehead atoms. The molecule has 1 unspecified atom stereocenters. The van der Waals surface area contributed by atoms with Gasteiger partial charge in [-0.05, 0) is 74.0 Å². The average Bonchev–Trinajstić information content (AvgIpc) is 2.82. The number of halogens is 1. The van der Waals surface area contributed by atoms with Crippen molar-refractivity contribution >= 4 is 0 Å². The molecule has 0 saturated heterocycles. The first-order chi connectivity index (χ1) is 13.1. The highest BCUT2D eigenvalue weighted by atomic mass is 19.1. The van der Waals surface area contributed by atoms with Crippen molar-refractivity contribution in [3.63, 3.8) is 0 Å². The Balaban J connectivity index is 1.67. The summed E-state index contributed by atoms with van der Waals surface area (Å²) in [7, 11) is 2.12. The van der Waals surface area contributed by atoms with Gasteiger partial charge in [0.25, 0.3) is 0 Å². The molecule has 4 nitrogen and oxygen atoms in total. The summed E-state index contributed by atoms with van der Waals surface area (Å²) in [5.41, 5.74) is 4.49. The summed E-state index contributed by atoms with van der Waals surface area (Å²) in [6.07, 6.45) is 0.999. The van der Waals surface area contributed by atoms with E-state index in [-0.39, 0.29) is 11.7 Å². The molecular weight excluding hydrogens is 341 g/mol. The van der Waals surface area contributed by atoms with Gasteiger partial charge in [-0.1, -0.05) is 18.2 Å². The molecule has 2 heterocycles. The van der Waals surface area contributed by atoms with Gasteiger partial charge in [0.15, 0.2) is 0 Å². The van der Waals surface area contributed by atoms with E-state index < -0.39 is 0 Å². The first kappa shape index (κ1) is 17.6. The molecule has 0 radical (unpaired) electrons. The highest BCUT2D eigenvalue weighted by Crippen LogP contribution is 2.36. The van der Waals surface area contributed by atoms with E-state index in [1.54, 1.807) is 0 Å². The maximum absolute atomic E-state index is 13.3. The van der Waals surface area contributed by atoms with E-state index >= 15 is 0 Å². The fourth-order valence-electron chi connectivity index (χ4n) is 3.60. The van der Waals surface area contributed by atoms with Gasteiger partial charge >= 0.3 is 0 Å². The third-order valence-electron chi connectivity index (χ3n) is 5.00. The zero-order valence-corrected chi connectivity index (χ0v) is 15.5. The van der Waals surface area contributed by atoms with Crippen LogP contribution in [0.2, 0.25) is 0 Å². The minimum absolute atomic E-state index is 0.201. The molecule has 0 amide bonds. The standard InChI is InChI=1S/C22H22FN3O/c1-15-3-10-22(25-24-15)27-19-8-9-20-17(13-19)14-26(2)12-11-21(20)16-4-6-18(23)7-5-16/h3-10,13,21H,11-12,14H2,1-2H3. The number of hydrogen-bond acceptors (Lipinski definition) is 4. The number of rotatable bonds is 3. The van der Waals surface area contributed by atoms with Crippen molar-refractivity contribution in [3.8, 4) is 11.6 Å². The lowest BCUT2D eigenvalue weighted by Gasteiger charge is -2.18. The van der Waals surface area contributed by atoms with Crippen LogP contribution in [0.4, 0.5) is 4.39 Å². The van der Waals surface area contributed by atoms with Crippen LogP contribution in [0.1, 0.15) is 34.7 Å². The lowest BCUT2D eigenvalue weighted by atomic mass is 9.86. The van der Waals surface area contributed by atoms with Crippen LogP contribution in [0.15, 0.2) is 54.6 Å². The number of ether oxygens (including phenoxy) is 1. The van der Waals surface area contributed by atoms with Crippen LogP contribution in [0.5, 0.6) is 11.6 Å². The number of aryl methyl sites for hydroxylation is 1. The monoisotopic (exact) mass is 363 g/mol. The summed E-state index contributed by atoms with van der Waals surface area (Å²) in [6, 6.07) is 16.7. The second-order valence-corrected chi connectivity index (χ2v) is 7.11. The Morgan fingerprint density at radius 3 is 2.59 bits per heavy atom. The molecule has 1 aliphatic heterocycles. The number of benzene rings is 2. The van der Waals surface area contributed by atoms with Gasteiger partial charge in [-0.15, -0.1) is 5.10 Å². The van der Waals surface area contributed by atoms with Crippen molar-refractivity contribution in [3.05, 3.63) is 82.8 Å². The Hall–Kier alpha value is -2.79. The largest absolute Gasteiger partial charge is 0.438 e. The topological polar surface area (TPSA) is 38.2 Å². The number of hydrogen-bond donors (Lipinski definition) is 0. The van der Waals surface area contributed by atoms with Gasteiger partial charge in [0.2, 0.25) is 5.88 Å². The Kier molecular flexibility index (Phi) is 4.86. The van der Waals surface area contributed by atoms with Gasteiger partial charge in [0.05, 0.1) is 5.69 Å². The van der Waals surface area contributed by atoms with Crippen LogP contribution in [0.3, 0.4) is 0 Å². The fraction of sp³-hybridized carbons (Fsp3) is 0.273. The second-order valence-electron chi connectivity index (χ2n) is 7.11. The summed E-state index contributed by atoms with van der Waals surface area (Å²) in [5.74, 6) is 1.28. The van der Waals surface area contributed by atoms with Crippen LogP contribution >= 0.6 is 0 Å². The number of fused-ring (bicyclic) bond motifs is 1. The Morgan fingerprint density at radius 2 is 1.85 bits per heavy atom. The summed E-state index contributed by atoms with van der Waals surface area (Å²) >= 11 is 0. The average molecular weight is 363 g/mol. The predicted molar refractivity (Wildman–Crippen MR) is 102 cm³/mol. The van der Waals surface area contributed by atoms with Crippen molar-refractivity contribution in [2.45, 2.75) is 25.8 Å². The molecule has 0 N–H and O–H groups in total. The van der Waals surface area contributed by atoms with Crippen molar-refractivity contribution in [1.82, 2.24) is 15.1 Å². The van der Waals surface area contributed by atoms with Crippen molar-refractivity contribution < 1.29 is 9.13 Å². The van der Waals surface area contributed by atoms with Crippen LogP contribution < -0.4 is 4.74 Å². The molecule has 27 heavy (non-hydrogen) atoms. The Bertz CT molecular complexity index is 925. The molecule has 1 atom stereocenters. The molecule has 0 fully saturated rings. The van der Waals surface area contributed by atoms with Crippen molar-refractivity contribution in [2.24, 2.45) is 0 Å². The maximum Gasteiger partial charge on any atom is 0.238 e. The van der Waals surface area contributed by atoms with E-state index in [4.69, 9.17) is 4.74 Å². The minimum Gasteiger partial charge on any atom is -0.438 e. The van der Waals surface area contributed by atoms with E-state index in [9.17, 15) is 4.39 Å². The Morgan fingerprint density at radius 1 is 1.04 bits per heavy atom. The van der Waals surface area contributed by atoms with Crippen LogP contribution in [0.25, 0.3) is 0 Å². The molecule has 5 heteroatoms. The Labute approximate surface area is 158 Å². The molecule has 3 aromatic rings. The van der Waals surface area contributed by atoms with Crippen LogP contribution in [-0.2, 0) is 6.54 Å². The molecule has 4 rings (SSSR count). The smallest absolute Gasteiger partial charge is 0.238 e. The summed E-state index contributed by atoms with van der Waals surface area (Å²) in [6.45, 7) is 3.73. The molecule has 1 aromatic heterocycles. The van der Waals surface area contributed by atoms with Gasteiger partial charge in [0, 0.05) is 18.5 Å². The third kappa shape index (κ3) is 3.98. The lowest BCUT2D eigenvalue weighted by Crippen LogP contribution is -2.17. The highest BCUT2D eigenvalue weighted by molar-refractivity contribution is 5.44. The molecule has 0 spiro atoms. The number of nitrogens with zero attached hydrogens (tertiary/aromatic N) is 3. The highest BCUT2D eigenvalue weighted by Gasteiger charge is 2.23. The molecule has 0 aliphatic carbocycles. The van der Waals surface area contributed by atoms with Crippen LogP contribution in [0, 0.1) is 12.7 Å². The van der Waals surface area contributed by atoms with Gasteiger partial charge in [-0.25, -0.2) is 4.39 Å². The van der Waals surface area contributed by atoms with Crippen LogP contribution in [-0.4, -0.2) is 28.7 Å².